The molecule has 17 heavy (non-hydrogen) atoms. The maximum absolute atomic E-state index is 6.65. The van der Waals surface area contributed by atoms with Crippen LogP contribution in [-0.2, 0) is 22.4 Å². The molecule has 0 aliphatic rings. The second-order valence-corrected chi connectivity index (χ2v) is 7.38. The van der Waals surface area contributed by atoms with Gasteiger partial charge in [-0.25, -0.2) is 0 Å². The fourth-order valence-corrected chi connectivity index (χ4v) is 4.00. The van der Waals surface area contributed by atoms with Crippen LogP contribution >= 0.6 is 17.9 Å². The zero-order chi connectivity index (χ0) is 11.4. The molecule has 3 heteroatoms. The quantitative estimate of drug-likeness (QED) is 0.380. The van der Waals surface area contributed by atoms with Crippen LogP contribution in [0.15, 0.2) is 60.7 Å². The third-order valence-corrected chi connectivity index (χ3v) is 6.24. The van der Waals surface area contributed by atoms with Crippen LogP contribution in [0.5, 0.6) is 0 Å². The summed E-state index contributed by atoms with van der Waals surface area (Å²) in [6, 6.07) is 19.8. The number of halogens is 1. The molecule has 0 saturated heterocycles. The predicted octanol–water partition coefficient (Wildman–Crippen LogP) is 3.40. The molecule has 0 bridgehead atoms. The van der Waals surface area contributed by atoms with Crippen molar-refractivity contribution in [2.45, 2.75) is 0 Å². The molecule has 0 aliphatic carbocycles. The molecule has 0 amide bonds. The van der Waals surface area contributed by atoms with E-state index in [0.29, 0.717) is 0 Å². The van der Waals surface area contributed by atoms with Crippen LogP contribution < -0.4 is 10.6 Å². The second-order valence-electron chi connectivity index (χ2n) is 3.39. The van der Waals surface area contributed by atoms with Crippen LogP contribution in [0, 0.1) is 12.1 Å². The topological polar surface area (TPSA) is 0 Å². The van der Waals surface area contributed by atoms with Gasteiger partial charge in [0.25, 0.3) is 6.62 Å². The minimum atomic E-state index is -2.15. The summed E-state index contributed by atoms with van der Waals surface area (Å²) in [5.41, 5.74) is 2.79. The molecule has 0 fully saturated rings. The molecular weight excluding hydrogens is 432 g/mol. The number of hydrogen-bond acceptors (Lipinski definition) is 0. The van der Waals surface area contributed by atoms with E-state index in [1.54, 1.807) is 0 Å². The molecule has 0 unspecified atom stereocenters. The van der Waals surface area contributed by atoms with Crippen molar-refractivity contribution in [3.05, 3.63) is 60.7 Å². The summed E-state index contributed by atoms with van der Waals surface area (Å²) < 4.78 is 0. The summed E-state index contributed by atoms with van der Waals surface area (Å²) in [4.78, 5) is 0. The van der Waals surface area contributed by atoms with Gasteiger partial charge in [0, 0.05) is 22.4 Å². The molecule has 0 atom stereocenters. The molecule has 0 heterocycles. The second kappa shape index (κ2) is 6.41. The van der Waals surface area contributed by atoms with E-state index in [0.717, 1.165) is 10.6 Å². The van der Waals surface area contributed by atoms with Crippen LogP contribution in [0.2, 0.25) is 0 Å². The summed E-state index contributed by atoms with van der Waals surface area (Å²) in [6.45, 7) is -2.15. The molecule has 89 valence electrons. The smallest absolute Gasteiger partial charge is 0.0743 e. The van der Waals surface area contributed by atoms with E-state index in [2.05, 4.69) is 5.66 Å². The Morgan fingerprint density at radius 1 is 0.824 bits per heavy atom. The van der Waals surface area contributed by atoms with E-state index in [-0.39, 0.29) is 22.4 Å². The molecule has 2 aromatic carbocycles. The van der Waals surface area contributed by atoms with Gasteiger partial charge in [0.1, 0.15) is 27.5 Å². The van der Waals surface area contributed by atoms with Crippen molar-refractivity contribution >= 4 is 28.5 Å². The molecule has 2 rings (SSSR count). The van der Waals surface area contributed by atoms with E-state index in [9.17, 15) is 0 Å². The minimum Gasteiger partial charge on any atom is -0.0743 e. The average molecular weight is 443 g/mol. The Morgan fingerprint density at radius 2 is 1.18 bits per heavy atom. The Labute approximate surface area is 123 Å². The van der Waals surface area contributed by atoms with Gasteiger partial charge in [-0.05, 0) is 24.3 Å². The van der Waals surface area contributed by atoms with Crippen molar-refractivity contribution in [1.29, 1.82) is 0 Å². The third-order valence-electron chi connectivity index (χ3n) is 2.40. The van der Waals surface area contributed by atoms with Gasteiger partial charge in [-0.3, -0.25) is 0 Å². The first kappa shape index (κ1) is 14.5. The van der Waals surface area contributed by atoms with Gasteiger partial charge < -0.3 is 0 Å². The van der Waals surface area contributed by atoms with Crippen molar-refractivity contribution < 1.29 is 22.4 Å². The Bertz CT molecular complexity index is 465. The minimum absolute atomic E-state index is 0. The standard InChI is InChI=1S/C14H11ClP.Au/c1-2-16(15,13-9-5-3-6-10-13)14-11-7-4-8-12-14;/h1,3-12H;/q+1;. The number of rotatable bonds is 2. The molecule has 0 aromatic heterocycles. The van der Waals surface area contributed by atoms with Crippen molar-refractivity contribution in [1.82, 2.24) is 0 Å². The molecule has 1 radical (unpaired) electrons. The summed E-state index contributed by atoms with van der Waals surface area (Å²) in [5, 5.41) is 2.07. The molecule has 0 nitrogen and oxygen atoms in total. The largest absolute Gasteiger partial charge is 0.253 e. The Morgan fingerprint density at radius 3 is 1.47 bits per heavy atom. The van der Waals surface area contributed by atoms with Crippen LogP contribution in [0.3, 0.4) is 0 Å². The van der Waals surface area contributed by atoms with E-state index < -0.39 is 6.62 Å². The van der Waals surface area contributed by atoms with Gasteiger partial charge in [-0.15, -0.1) is 0 Å². The van der Waals surface area contributed by atoms with E-state index in [4.69, 9.17) is 17.7 Å². The van der Waals surface area contributed by atoms with Gasteiger partial charge in [0.05, 0.1) is 0 Å². The van der Waals surface area contributed by atoms with Crippen molar-refractivity contribution in [2.75, 3.05) is 0 Å². The normalized spacial score (nSPS) is 10.1. The maximum atomic E-state index is 6.65. The molecule has 0 saturated carbocycles. The Balaban J connectivity index is 0.00000144. The first-order valence-corrected chi connectivity index (χ1v) is 7.64. The predicted molar refractivity (Wildman–Crippen MR) is 73.8 cm³/mol. The van der Waals surface area contributed by atoms with Gasteiger partial charge in [-0.2, -0.15) is 0 Å². The van der Waals surface area contributed by atoms with Crippen LogP contribution in [0.25, 0.3) is 0 Å². The van der Waals surface area contributed by atoms with Crippen LogP contribution in [0.1, 0.15) is 0 Å². The maximum Gasteiger partial charge on any atom is 0.253 e. The van der Waals surface area contributed by atoms with Crippen LogP contribution in [-0.4, -0.2) is 0 Å². The summed E-state index contributed by atoms with van der Waals surface area (Å²) in [7, 11) is 0. The SMILES string of the molecule is C#C[P+](Cl)(c1ccccc1)c1ccccc1.[Au]. The van der Waals surface area contributed by atoms with Gasteiger partial charge >= 0.3 is 0 Å². The summed E-state index contributed by atoms with van der Waals surface area (Å²) in [5.74, 6) is 0. The van der Waals surface area contributed by atoms with E-state index >= 15 is 0 Å². The molecule has 0 aliphatic heterocycles. The average Bonchev–Trinajstić information content (AvgIpc) is 2.40. The molecule has 2 aromatic rings. The fourth-order valence-electron chi connectivity index (χ4n) is 1.56. The number of benzene rings is 2. The van der Waals surface area contributed by atoms with Crippen molar-refractivity contribution in [3.8, 4) is 12.1 Å². The monoisotopic (exact) mass is 442 g/mol. The van der Waals surface area contributed by atoms with Crippen molar-refractivity contribution in [3.63, 3.8) is 0 Å². The third kappa shape index (κ3) is 3.02. The summed E-state index contributed by atoms with van der Waals surface area (Å²) >= 11 is 6.65. The van der Waals surface area contributed by atoms with Crippen molar-refractivity contribution in [2.24, 2.45) is 0 Å². The van der Waals surface area contributed by atoms with E-state index in [1.165, 1.54) is 0 Å². The number of terminal acetylenes is 1. The molecule has 0 spiro atoms. The van der Waals surface area contributed by atoms with Gasteiger partial charge in [0.2, 0.25) is 0 Å². The summed E-state index contributed by atoms with van der Waals surface area (Å²) in [6.07, 6.45) is 5.64. The Hall–Kier alpha value is -0.540. The fraction of sp³-hybridized carbons (Fsp3) is 0. The molecular formula is C14H11AuClP+. The zero-order valence-corrected chi connectivity index (χ0v) is 12.8. The van der Waals surface area contributed by atoms with Gasteiger partial charge in [-0.1, -0.05) is 42.8 Å². The first-order chi connectivity index (χ1) is 7.77. The number of hydrogen-bond donors (Lipinski definition) is 0. The zero-order valence-electron chi connectivity index (χ0n) is 8.98. The van der Waals surface area contributed by atoms with E-state index in [1.807, 2.05) is 60.7 Å². The van der Waals surface area contributed by atoms with Gasteiger partial charge in [0.15, 0.2) is 0 Å². The Kier molecular flexibility index (Phi) is 5.47. The first-order valence-electron chi connectivity index (χ1n) is 4.95. The molecule has 0 N–H and O–H groups in total. The van der Waals surface area contributed by atoms with Crippen LogP contribution in [0.4, 0.5) is 0 Å².